The normalized spacial score (nSPS) is 11.4. The largest absolute Gasteiger partial charge is 0.304 e. The van der Waals surface area contributed by atoms with Crippen LogP contribution in [0.25, 0.3) is 0 Å². The van der Waals surface area contributed by atoms with Crippen LogP contribution in [0.2, 0.25) is 0 Å². The summed E-state index contributed by atoms with van der Waals surface area (Å²) >= 11 is 0. The van der Waals surface area contributed by atoms with Gasteiger partial charge in [0.15, 0.2) is 0 Å². The molecule has 0 fully saturated rings. The molecule has 1 rings (SSSR count). The Bertz CT molecular complexity index is 453. The highest BCUT2D eigenvalue weighted by atomic mass is 14.9. The number of hydrogen-bond acceptors (Lipinski definition) is 2. The van der Waals surface area contributed by atoms with Crippen molar-refractivity contribution in [3.63, 3.8) is 0 Å². The fourth-order valence-electron chi connectivity index (χ4n) is 2.75. The van der Waals surface area contributed by atoms with E-state index >= 15 is 0 Å². The Labute approximate surface area is 111 Å². The van der Waals surface area contributed by atoms with Crippen LogP contribution in [0.3, 0.4) is 0 Å². The molecule has 2 heteroatoms. The van der Waals surface area contributed by atoms with Crippen molar-refractivity contribution in [2.45, 2.75) is 47.0 Å². The van der Waals surface area contributed by atoms with Crippen molar-refractivity contribution in [2.24, 2.45) is 0 Å². The highest BCUT2D eigenvalue weighted by Gasteiger charge is 2.25. The average Bonchev–Trinajstić information content (AvgIpc) is 2.26. The fourth-order valence-corrected chi connectivity index (χ4v) is 2.75. The lowest BCUT2D eigenvalue weighted by Crippen LogP contribution is -2.34. The lowest BCUT2D eigenvalue weighted by molar-refractivity contribution is 0.479. The summed E-state index contributed by atoms with van der Waals surface area (Å²) in [5.41, 5.74) is 6.92. The molecule has 0 atom stereocenters. The van der Waals surface area contributed by atoms with Gasteiger partial charge in [-0.05, 0) is 55.5 Å². The highest BCUT2D eigenvalue weighted by molar-refractivity contribution is 5.47. The number of nitriles is 1. The van der Waals surface area contributed by atoms with Gasteiger partial charge in [0, 0.05) is 12.0 Å². The SMILES string of the molecule is Cc1cc(C)c(C)c(C(C)(C)CNCC#N)c1C. The number of benzene rings is 1. The predicted octanol–water partition coefficient (Wildman–Crippen LogP) is 3.31. The van der Waals surface area contributed by atoms with Gasteiger partial charge in [-0.25, -0.2) is 0 Å². The van der Waals surface area contributed by atoms with Gasteiger partial charge in [0.1, 0.15) is 0 Å². The number of rotatable bonds is 4. The number of hydrogen-bond donors (Lipinski definition) is 1. The summed E-state index contributed by atoms with van der Waals surface area (Å²) in [7, 11) is 0. The molecule has 0 amide bonds. The molecule has 0 aliphatic carbocycles. The minimum atomic E-state index is 0.0434. The van der Waals surface area contributed by atoms with Gasteiger partial charge in [0.25, 0.3) is 0 Å². The molecule has 0 bridgehead atoms. The summed E-state index contributed by atoms with van der Waals surface area (Å²) in [5.74, 6) is 0. The van der Waals surface area contributed by atoms with Crippen molar-refractivity contribution in [2.75, 3.05) is 13.1 Å². The molecular formula is C16H24N2. The Hall–Kier alpha value is -1.33. The molecule has 1 aromatic rings. The Balaban J connectivity index is 3.19. The van der Waals surface area contributed by atoms with Crippen LogP contribution in [0.5, 0.6) is 0 Å². The number of nitrogens with one attached hydrogen (secondary N) is 1. The standard InChI is InChI=1S/C16H24N2/c1-11-9-12(2)14(4)15(13(11)3)16(5,6)10-18-8-7-17/h9,18H,8,10H2,1-6H3. The summed E-state index contributed by atoms with van der Waals surface area (Å²) in [6, 6.07) is 4.39. The van der Waals surface area contributed by atoms with E-state index in [0.717, 1.165) is 6.54 Å². The van der Waals surface area contributed by atoms with Crippen molar-refractivity contribution in [1.29, 1.82) is 5.26 Å². The van der Waals surface area contributed by atoms with Crippen LogP contribution in [0.15, 0.2) is 6.07 Å². The topological polar surface area (TPSA) is 35.8 Å². The number of aryl methyl sites for hydroxylation is 2. The summed E-state index contributed by atoms with van der Waals surface area (Å²) in [5, 5.41) is 11.8. The van der Waals surface area contributed by atoms with Gasteiger partial charge in [-0.3, -0.25) is 0 Å². The van der Waals surface area contributed by atoms with Gasteiger partial charge in [-0.2, -0.15) is 5.26 Å². The summed E-state index contributed by atoms with van der Waals surface area (Å²) in [6.45, 7) is 14.5. The minimum Gasteiger partial charge on any atom is -0.304 e. The molecule has 0 aromatic heterocycles. The van der Waals surface area contributed by atoms with E-state index < -0.39 is 0 Å². The first-order chi connectivity index (χ1) is 8.31. The Morgan fingerprint density at radius 3 is 2.06 bits per heavy atom. The molecule has 0 unspecified atom stereocenters. The highest BCUT2D eigenvalue weighted by Crippen LogP contribution is 2.32. The Kier molecular flexibility index (Phi) is 4.53. The fraction of sp³-hybridized carbons (Fsp3) is 0.562. The van der Waals surface area contributed by atoms with E-state index in [1.54, 1.807) is 0 Å². The first-order valence-electron chi connectivity index (χ1n) is 6.47. The second kappa shape index (κ2) is 5.54. The predicted molar refractivity (Wildman–Crippen MR) is 76.9 cm³/mol. The first-order valence-corrected chi connectivity index (χ1v) is 6.47. The monoisotopic (exact) mass is 244 g/mol. The maximum Gasteiger partial charge on any atom is 0.0841 e. The van der Waals surface area contributed by atoms with Crippen molar-refractivity contribution in [3.05, 3.63) is 33.9 Å². The summed E-state index contributed by atoms with van der Waals surface area (Å²) < 4.78 is 0. The lowest BCUT2D eigenvalue weighted by Gasteiger charge is -2.31. The molecule has 18 heavy (non-hydrogen) atoms. The molecule has 98 valence electrons. The first kappa shape index (κ1) is 14.7. The van der Waals surface area contributed by atoms with Crippen molar-refractivity contribution in [3.8, 4) is 6.07 Å². The van der Waals surface area contributed by atoms with E-state index in [1.807, 2.05) is 0 Å². The van der Waals surface area contributed by atoms with Crippen LogP contribution in [-0.4, -0.2) is 13.1 Å². The second-order valence-electron chi connectivity index (χ2n) is 5.78. The van der Waals surface area contributed by atoms with E-state index in [9.17, 15) is 0 Å². The molecule has 1 N–H and O–H groups in total. The van der Waals surface area contributed by atoms with Crippen LogP contribution >= 0.6 is 0 Å². The van der Waals surface area contributed by atoms with Crippen molar-refractivity contribution >= 4 is 0 Å². The molecule has 0 saturated carbocycles. The third kappa shape index (κ3) is 2.91. The molecule has 0 aliphatic heterocycles. The van der Waals surface area contributed by atoms with E-state index in [4.69, 9.17) is 5.26 Å². The zero-order valence-corrected chi connectivity index (χ0v) is 12.4. The molecular weight excluding hydrogens is 220 g/mol. The van der Waals surface area contributed by atoms with Gasteiger partial charge >= 0.3 is 0 Å². The van der Waals surface area contributed by atoms with E-state index in [2.05, 4.69) is 59.0 Å². The molecule has 1 aromatic carbocycles. The Morgan fingerprint density at radius 2 is 1.61 bits per heavy atom. The van der Waals surface area contributed by atoms with Crippen molar-refractivity contribution < 1.29 is 0 Å². The molecule has 0 aliphatic rings. The maximum atomic E-state index is 8.62. The quantitative estimate of drug-likeness (QED) is 0.651. The Morgan fingerprint density at radius 1 is 1.11 bits per heavy atom. The molecule has 0 radical (unpaired) electrons. The van der Waals surface area contributed by atoms with Crippen LogP contribution in [0, 0.1) is 39.0 Å². The molecule has 2 nitrogen and oxygen atoms in total. The van der Waals surface area contributed by atoms with Gasteiger partial charge < -0.3 is 5.32 Å². The van der Waals surface area contributed by atoms with Gasteiger partial charge in [-0.1, -0.05) is 19.9 Å². The van der Waals surface area contributed by atoms with Crippen LogP contribution < -0.4 is 5.32 Å². The maximum absolute atomic E-state index is 8.62. The molecule has 0 spiro atoms. The van der Waals surface area contributed by atoms with E-state index in [1.165, 1.54) is 27.8 Å². The zero-order chi connectivity index (χ0) is 13.9. The van der Waals surface area contributed by atoms with Crippen molar-refractivity contribution in [1.82, 2.24) is 5.32 Å². The summed E-state index contributed by atoms with van der Waals surface area (Å²) in [6.07, 6.45) is 0. The van der Waals surface area contributed by atoms with Crippen LogP contribution in [-0.2, 0) is 5.41 Å². The third-order valence-electron chi connectivity index (χ3n) is 3.81. The second-order valence-corrected chi connectivity index (χ2v) is 5.78. The third-order valence-corrected chi connectivity index (χ3v) is 3.81. The molecule has 0 heterocycles. The zero-order valence-electron chi connectivity index (χ0n) is 12.4. The summed E-state index contributed by atoms with van der Waals surface area (Å²) in [4.78, 5) is 0. The lowest BCUT2D eigenvalue weighted by atomic mass is 9.77. The average molecular weight is 244 g/mol. The van der Waals surface area contributed by atoms with Gasteiger partial charge in [0.05, 0.1) is 12.6 Å². The van der Waals surface area contributed by atoms with E-state index in [0.29, 0.717) is 6.54 Å². The van der Waals surface area contributed by atoms with Gasteiger partial charge in [0.2, 0.25) is 0 Å². The van der Waals surface area contributed by atoms with Crippen LogP contribution in [0.4, 0.5) is 0 Å². The number of nitrogens with zero attached hydrogens (tertiary/aromatic N) is 1. The molecule has 0 saturated heterocycles. The smallest absolute Gasteiger partial charge is 0.0841 e. The minimum absolute atomic E-state index is 0.0434. The van der Waals surface area contributed by atoms with E-state index in [-0.39, 0.29) is 5.41 Å². The van der Waals surface area contributed by atoms with Crippen LogP contribution in [0.1, 0.15) is 41.7 Å². The van der Waals surface area contributed by atoms with Gasteiger partial charge in [-0.15, -0.1) is 0 Å².